The molecule has 0 aliphatic carbocycles. The van der Waals surface area contributed by atoms with E-state index in [1.165, 1.54) is 12.1 Å². The molecule has 0 saturated heterocycles. The summed E-state index contributed by atoms with van der Waals surface area (Å²) in [7, 11) is 0. The Balaban J connectivity index is 0.00000240. The third kappa shape index (κ3) is 5.54. The summed E-state index contributed by atoms with van der Waals surface area (Å²) in [5, 5.41) is 4.05. The van der Waals surface area contributed by atoms with E-state index in [9.17, 15) is 4.39 Å². The van der Waals surface area contributed by atoms with Gasteiger partial charge in [-0.15, -0.1) is 12.4 Å². The van der Waals surface area contributed by atoms with Crippen LogP contribution in [0.3, 0.4) is 0 Å². The average Bonchev–Trinajstić information content (AvgIpc) is 3.16. The molecule has 1 aliphatic heterocycles. The summed E-state index contributed by atoms with van der Waals surface area (Å²) in [5.41, 5.74) is 2.95. The van der Waals surface area contributed by atoms with Crippen LogP contribution in [-0.4, -0.2) is 6.79 Å². The molecular weight excluding hydrogens is 416 g/mol. The van der Waals surface area contributed by atoms with Gasteiger partial charge in [-0.3, -0.25) is 0 Å². The zero-order chi connectivity index (χ0) is 19.3. The van der Waals surface area contributed by atoms with E-state index in [0.717, 1.165) is 33.9 Å². The Labute approximate surface area is 180 Å². The number of nitrogens with one attached hydrogen (secondary N) is 1. The van der Waals surface area contributed by atoms with Crippen LogP contribution in [0.4, 0.5) is 4.39 Å². The van der Waals surface area contributed by atoms with Crippen LogP contribution in [0, 0.1) is 5.82 Å². The topological polar surface area (TPSA) is 39.7 Å². The van der Waals surface area contributed by atoms with Gasteiger partial charge in [0.25, 0.3) is 0 Å². The fraction of sp³-hybridized carbons (Fsp3) is 0.182. The van der Waals surface area contributed by atoms with Crippen LogP contribution in [0.15, 0.2) is 60.7 Å². The molecule has 4 nitrogen and oxygen atoms in total. The first-order valence-electron chi connectivity index (χ1n) is 8.92. The molecule has 0 saturated carbocycles. The minimum atomic E-state index is -0.261. The van der Waals surface area contributed by atoms with Gasteiger partial charge in [-0.1, -0.05) is 29.8 Å². The van der Waals surface area contributed by atoms with E-state index in [1.54, 1.807) is 18.2 Å². The maximum absolute atomic E-state index is 13.0. The third-order valence-corrected chi connectivity index (χ3v) is 4.65. The van der Waals surface area contributed by atoms with Crippen molar-refractivity contribution < 1.29 is 18.6 Å². The second-order valence-electron chi connectivity index (χ2n) is 6.46. The van der Waals surface area contributed by atoms with Crippen LogP contribution < -0.4 is 19.5 Å². The van der Waals surface area contributed by atoms with E-state index >= 15 is 0 Å². The number of halogens is 3. The fourth-order valence-electron chi connectivity index (χ4n) is 2.96. The molecule has 1 aliphatic rings. The largest absolute Gasteiger partial charge is 0.489 e. The first-order valence-corrected chi connectivity index (χ1v) is 9.30. The Kier molecular flexibility index (Phi) is 7.20. The molecule has 1 N–H and O–H groups in total. The van der Waals surface area contributed by atoms with Gasteiger partial charge in [-0.2, -0.15) is 0 Å². The molecular formula is C22H20Cl2FNO3. The zero-order valence-corrected chi connectivity index (χ0v) is 17.1. The molecule has 0 unspecified atom stereocenters. The van der Waals surface area contributed by atoms with Crippen molar-refractivity contribution in [3.8, 4) is 17.2 Å². The van der Waals surface area contributed by atoms with Gasteiger partial charge in [0.05, 0.1) is 0 Å². The first-order chi connectivity index (χ1) is 13.7. The van der Waals surface area contributed by atoms with Gasteiger partial charge in [-0.25, -0.2) is 4.39 Å². The predicted molar refractivity (Wildman–Crippen MR) is 113 cm³/mol. The van der Waals surface area contributed by atoms with Gasteiger partial charge in [0.2, 0.25) is 6.79 Å². The van der Waals surface area contributed by atoms with Crippen molar-refractivity contribution in [2.45, 2.75) is 19.7 Å². The van der Waals surface area contributed by atoms with E-state index in [2.05, 4.69) is 5.32 Å². The standard InChI is InChI=1S/C22H19ClFNO3.ClH/c23-18-4-8-20(26-13-15-1-5-19(24)6-2-15)17(10-18)12-25-11-16-3-7-21-22(9-16)28-14-27-21;/h1-10,25H,11-14H2;1H. The maximum atomic E-state index is 13.0. The van der Waals surface area contributed by atoms with Crippen LogP contribution in [0.5, 0.6) is 17.2 Å². The Morgan fingerprint density at radius 1 is 0.897 bits per heavy atom. The van der Waals surface area contributed by atoms with Crippen molar-refractivity contribution >= 4 is 24.0 Å². The number of rotatable bonds is 7. The molecule has 0 atom stereocenters. The minimum Gasteiger partial charge on any atom is -0.489 e. The van der Waals surface area contributed by atoms with Crippen LogP contribution >= 0.6 is 24.0 Å². The molecule has 0 aromatic heterocycles. The number of fused-ring (bicyclic) bond motifs is 1. The summed E-state index contributed by atoms with van der Waals surface area (Å²) in [6, 6.07) is 17.7. The summed E-state index contributed by atoms with van der Waals surface area (Å²) < 4.78 is 29.7. The highest BCUT2D eigenvalue weighted by Crippen LogP contribution is 2.32. The van der Waals surface area contributed by atoms with Crippen LogP contribution in [0.25, 0.3) is 0 Å². The Hall–Kier alpha value is -2.47. The summed E-state index contributed by atoms with van der Waals surface area (Å²) in [6.07, 6.45) is 0. The monoisotopic (exact) mass is 435 g/mol. The smallest absolute Gasteiger partial charge is 0.231 e. The number of hydrogen-bond acceptors (Lipinski definition) is 4. The van der Waals surface area contributed by atoms with E-state index in [0.29, 0.717) is 24.7 Å². The normalized spacial score (nSPS) is 11.8. The quantitative estimate of drug-likeness (QED) is 0.531. The van der Waals surface area contributed by atoms with Gasteiger partial charge in [0.1, 0.15) is 18.2 Å². The molecule has 0 amide bonds. The van der Waals surface area contributed by atoms with Crippen molar-refractivity contribution in [2.75, 3.05) is 6.79 Å². The number of ether oxygens (including phenoxy) is 3. The Morgan fingerprint density at radius 3 is 2.48 bits per heavy atom. The third-order valence-electron chi connectivity index (χ3n) is 4.41. The molecule has 0 bridgehead atoms. The van der Waals surface area contributed by atoms with E-state index in [4.69, 9.17) is 25.8 Å². The SMILES string of the molecule is Cl.Fc1ccc(COc2ccc(Cl)cc2CNCc2ccc3c(c2)OCO3)cc1. The van der Waals surface area contributed by atoms with Crippen LogP contribution in [-0.2, 0) is 19.7 Å². The second-order valence-corrected chi connectivity index (χ2v) is 6.89. The predicted octanol–water partition coefficient (Wildman–Crippen LogP) is 5.50. The van der Waals surface area contributed by atoms with Crippen molar-refractivity contribution in [3.05, 3.63) is 88.2 Å². The maximum Gasteiger partial charge on any atom is 0.231 e. The van der Waals surface area contributed by atoms with Crippen LogP contribution in [0.2, 0.25) is 5.02 Å². The van der Waals surface area contributed by atoms with Gasteiger partial charge in [-0.05, 0) is 53.6 Å². The summed E-state index contributed by atoms with van der Waals surface area (Å²) >= 11 is 6.16. The first kappa shape index (κ1) is 21.2. The lowest BCUT2D eigenvalue weighted by Crippen LogP contribution is -2.13. The highest BCUT2D eigenvalue weighted by Gasteiger charge is 2.13. The van der Waals surface area contributed by atoms with Crippen LogP contribution in [0.1, 0.15) is 16.7 Å². The van der Waals surface area contributed by atoms with Crippen molar-refractivity contribution in [1.82, 2.24) is 5.32 Å². The minimum absolute atomic E-state index is 0. The van der Waals surface area contributed by atoms with Gasteiger partial charge in [0, 0.05) is 23.7 Å². The van der Waals surface area contributed by atoms with E-state index in [1.807, 2.05) is 30.3 Å². The summed E-state index contributed by atoms with van der Waals surface area (Å²) in [4.78, 5) is 0. The highest BCUT2D eigenvalue weighted by molar-refractivity contribution is 6.30. The average molecular weight is 436 g/mol. The molecule has 0 radical (unpaired) electrons. The molecule has 29 heavy (non-hydrogen) atoms. The highest BCUT2D eigenvalue weighted by atomic mass is 35.5. The molecule has 7 heteroatoms. The van der Waals surface area contributed by atoms with Gasteiger partial charge >= 0.3 is 0 Å². The molecule has 3 aromatic rings. The molecule has 4 rings (SSSR count). The molecule has 3 aromatic carbocycles. The second kappa shape index (κ2) is 9.83. The van der Waals surface area contributed by atoms with Crippen molar-refractivity contribution in [2.24, 2.45) is 0 Å². The number of benzene rings is 3. The zero-order valence-electron chi connectivity index (χ0n) is 15.5. The molecule has 0 spiro atoms. The van der Waals surface area contributed by atoms with Crippen molar-refractivity contribution in [1.29, 1.82) is 0 Å². The molecule has 1 heterocycles. The lowest BCUT2D eigenvalue weighted by atomic mass is 10.1. The fourth-order valence-corrected chi connectivity index (χ4v) is 3.16. The summed E-state index contributed by atoms with van der Waals surface area (Å²) in [5.74, 6) is 2.02. The van der Waals surface area contributed by atoms with E-state index in [-0.39, 0.29) is 25.0 Å². The Morgan fingerprint density at radius 2 is 1.66 bits per heavy atom. The van der Waals surface area contributed by atoms with Gasteiger partial charge < -0.3 is 19.5 Å². The van der Waals surface area contributed by atoms with E-state index < -0.39 is 0 Å². The number of hydrogen-bond donors (Lipinski definition) is 1. The lowest BCUT2D eigenvalue weighted by Gasteiger charge is -2.13. The molecule has 0 fully saturated rings. The Bertz CT molecular complexity index is 967. The molecule has 152 valence electrons. The van der Waals surface area contributed by atoms with Crippen molar-refractivity contribution in [3.63, 3.8) is 0 Å². The summed E-state index contributed by atoms with van der Waals surface area (Å²) in [6.45, 7) is 1.88. The van der Waals surface area contributed by atoms with Gasteiger partial charge in [0.15, 0.2) is 11.5 Å². The lowest BCUT2D eigenvalue weighted by molar-refractivity contribution is 0.174.